The van der Waals surface area contributed by atoms with Gasteiger partial charge in [0, 0.05) is 13.1 Å². The van der Waals surface area contributed by atoms with Crippen molar-refractivity contribution in [2.75, 3.05) is 23.7 Å². The first kappa shape index (κ1) is 29.7. The van der Waals surface area contributed by atoms with E-state index in [1.807, 2.05) is 75.4 Å². The van der Waals surface area contributed by atoms with Crippen LogP contribution in [0, 0.1) is 6.92 Å². The molecule has 0 aliphatic carbocycles. The molecule has 39 heavy (non-hydrogen) atoms. The molecule has 0 aliphatic heterocycles. The maximum absolute atomic E-state index is 13.7. The Kier molecular flexibility index (Phi) is 10.5. The first-order chi connectivity index (χ1) is 18.6. The van der Waals surface area contributed by atoms with Gasteiger partial charge in [0.2, 0.25) is 21.8 Å². The van der Waals surface area contributed by atoms with Crippen molar-refractivity contribution < 1.29 is 22.7 Å². The van der Waals surface area contributed by atoms with Gasteiger partial charge in [-0.25, -0.2) is 8.42 Å². The van der Waals surface area contributed by atoms with Crippen LogP contribution in [-0.4, -0.2) is 50.5 Å². The Morgan fingerprint density at radius 3 is 2.08 bits per heavy atom. The third-order valence-corrected chi connectivity index (χ3v) is 7.33. The van der Waals surface area contributed by atoms with Crippen molar-refractivity contribution in [1.82, 2.24) is 10.2 Å². The Labute approximate surface area is 231 Å². The highest BCUT2D eigenvalue weighted by Gasteiger charge is 2.31. The van der Waals surface area contributed by atoms with E-state index in [0.29, 0.717) is 30.2 Å². The van der Waals surface area contributed by atoms with Crippen LogP contribution in [0.25, 0.3) is 0 Å². The fourth-order valence-corrected chi connectivity index (χ4v) is 4.94. The van der Waals surface area contributed by atoms with Crippen LogP contribution in [0.2, 0.25) is 0 Å². The molecule has 3 aromatic carbocycles. The van der Waals surface area contributed by atoms with E-state index in [4.69, 9.17) is 4.74 Å². The van der Waals surface area contributed by atoms with Gasteiger partial charge in [-0.2, -0.15) is 0 Å². The molecule has 3 rings (SSSR count). The summed E-state index contributed by atoms with van der Waals surface area (Å²) in [6.07, 6.45) is 2.21. The molecule has 0 fully saturated rings. The number of hydrogen-bond acceptors (Lipinski definition) is 5. The molecule has 0 saturated carbocycles. The molecule has 0 saturated heterocycles. The number of anilines is 1. The molecule has 1 atom stereocenters. The molecule has 0 aromatic heterocycles. The molecule has 2 amide bonds. The van der Waals surface area contributed by atoms with Crippen molar-refractivity contribution in [3.8, 4) is 11.5 Å². The van der Waals surface area contributed by atoms with E-state index in [1.165, 1.54) is 4.90 Å². The summed E-state index contributed by atoms with van der Waals surface area (Å²) in [7, 11) is -3.82. The average molecular weight is 552 g/mol. The van der Waals surface area contributed by atoms with Crippen molar-refractivity contribution in [3.05, 3.63) is 90.0 Å². The van der Waals surface area contributed by atoms with E-state index in [0.717, 1.165) is 28.1 Å². The number of nitrogens with zero attached hydrogens (tertiary/aromatic N) is 2. The lowest BCUT2D eigenvalue weighted by Gasteiger charge is -2.33. The molecular weight excluding hydrogens is 514 g/mol. The average Bonchev–Trinajstić information content (AvgIpc) is 2.92. The normalized spacial score (nSPS) is 11.9. The summed E-state index contributed by atoms with van der Waals surface area (Å²) < 4.78 is 32.5. The Morgan fingerprint density at radius 2 is 1.51 bits per heavy atom. The van der Waals surface area contributed by atoms with E-state index in [1.54, 1.807) is 24.3 Å². The molecule has 0 aliphatic rings. The van der Waals surface area contributed by atoms with Crippen LogP contribution in [0.3, 0.4) is 0 Å². The quantitative estimate of drug-likeness (QED) is 0.326. The SMILES string of the molecule is CCCNC(=O)[C@H](CC)N(Cc1ccc(C)cc1)C(=O)CN(c1ccc(Oc2ccccc2)cc1)S(C)(=O)=O. The number of benzene rings is 3. The van der Waals surface area contributed by atoms with E-state index in [-0.39, 0.29) is 12.5 Å². The fraction of sp³-hybridized carbons (Fsp3) is 0.333. The van der Waals surface area contributed by atoms with Gasteiger partial charge in [0.15, 0.2) is 0 Å². The molecule has 0 spiro atoms. The third kappa shape index (κ3) is 8.58. The van der Waals surface area contributed by atoms with Gasteiger partial charge in [0.1, 0.15) is 24.1 Å². The van der Waals surface area contributed by atoms with E-state index >= 15 is 0 Å². The van der Waals surface area contributed by atoms with Crippen molar-refractivity contribution in [2.24, 2.45) is 0 Å². The van der Waals surface area contributed by atoms with Crippen LogP contribution in [-0.2, 0) is 26.2 Å². The second kappa shape index (κ2) is 13.8. The number of hydrogen-bond donors (Lipinski definition) is 1. The number of ether oxygens (including phenoxy) is 1. The van der Waals surface area contributed by atoms with Crippen LogP contribution >= 0.6 is 0 Å². The van der Waals surface area contributed by atoms with Gasteiger partial charge in [-0.15, -0.1) is 0 Å². The Bertz CT molecular complexity index is 1330. The molecule has 1 N–H and O–H groups in total. The Hall–Kier alpha value is -3.85. The van der Waals surface area contributed by atoms with Crippen molar-refractivity contribution in [2.45, 2.75) is 46.2 Å². The van der Waals surface area contributed by atoms with E-state index in [9.17, 15) is 18.0 Å². The van der Waals surface area contributed by atoms with Gasteiger partial charge in [-0.3, -0.25) is 13.9 Å². The first-order valence-corrected chi connectivity index (χ1v) is 14.9. The lowest BCUT2D eigenvalue weighted by molar-refractivity contribution is -0.140. The molecule has 0 unspecified atom stereocenters. The number of carbonyl (C=O) groups is 2. The smallest absolute Gasteiger partial charge is 0.244 e. The maximum Gasteiger partial charge on any atom is 0.244 e. The highest BCUT2D eigenvalue weighted by Crippen LogP contribution is 2.26. The molecule has 8 nitrogen and oxygen atoms in total. The van der Waals surface area contributed by atoms with Gasteiger partial charge in [0.05, 0.1) is 11.9 Å². The minimum absolute atomic E-state index is 0.179. The molecule has 208 valence electrons. The summed E-state index contributed by atoms with van der Waals surface area (Å²) in [6, 6.07) is 22.7. The largest absolute Gasteiger partial charge is 0.457 e. The predicted molar refractivity (Wildman–Crippen MR) is 154 cm³/mol. The summed E-state index contributed by atoms with van der Waals surface area (Å²) in [6.45, 7) is 6.00. The zero-order valence-electron chi connectivity index (χ0n) is 23.0. The second-order valence-electron chi connectivity index (χ2n) is 9.40. The molecule has 0 heterocycles. The number of carbonyl (C=O) groups excluding carboxylic acids is 2. The number of aryl methyl sites for hydroxylation is 1. The highest BCUT2D eigenvalue weighted by molar-refractivity contribution is 7.92. The summed E-state index contributed by atoms with van der Waals surface area (Å²) in [5, 5.41) is 2.88. The first-order valence-electron chi connectivity index (χ1n) is 13.1. The van der Waals surface area contributed by atoms with Crippen LogP contribution < -0.4 is 14.4 Å². The minimum atomic E-state index is -3.82. The lowest BCUT2D eigenvalue weighted by atomic mass is 10.1. The topological polar surface area (TPSA) is 96.0 Å². The predicted octanol–water partition coefficient (Wildman–Crippen LogP) is 4.89. The van der Waals surface area contributed by atoms with Gasteiger partial charge in [-0.1, -0.05) is 61.9 Å². The van der Waals surface area contributed by atoms with Crippen molar-refractivity contribution >= 4 is 27.5 Å². The monoisotopic (exact) mass is 551 g/mol. The highest BCUT2D eigenvalue weighted by atomic mass is 32.2. The Balaban J connectivity index is 1.87. The van der Waals surface area contributed by atoms with Crippen LogP contribution in [0.1, 0.15) is 37.8 Å². The Morgan fingerprint density at radius 1 is 0.897 bits per heavy atom. The summed E-state index contributed by atoms with van der Waals surface area (Å²) in [4.78, 5) is 28.2. The number of para-hydroxylation sites is 1. The van der Waals surface area contributed by atoms with E-state index < -0.39 is 28.5 Å². The number of nitrogens with one attached hydrogen (secondary N) is 1. The summed E-state index contributed by atoms with van der Waals surface area (Å²) >= 11 is 0. The summed E-state index contributed by atoms with van der Waals surface area (Å²) in [5.74, 6) is 0.459. The molecule has 9 heteroatoms. The van der Waals surface area contributed by atoms with Crippen LogP contribution in [0.4, 0.5) is 5.69 Å². The third-order valence-electron chi connectivity index (χ3n) is 6.19. The molecule has 0 bridgehead atoms. The minimum Gasteiger partial charge on any atom is -0.457 e. The zero-order valence-corrected chi connectivity index (χ0v) is 23.8. The van der Waals surface area contributed by atoms with Gasteiger partial charge in [0.25, 0.3) is 0 Å². The summed E-state index contributed by atoms with van der Waals surface area (Å²) in [5.41, 5.74) is 2.25. The van der Waals surface area contributed by atoms with Crippen molar-refractivity contribution in [3.63, 3.8) is 0 Å². The molecule has 0 radical (unpaired) electrons. The standard InChI is InChI=1S/C30H37N3O5S/c1-5-20-31-30(35)28(6-2)32(21-24-14-12-23(3)13-15-24)29(34)22-33(39(4,36)37)25-16-18-27(19-17-25)38-26-10-8-7-9-11-26/h7-19,28H,5-6,20-22H2,1-4H3,(H,31,35)/t28-/m0/s1. The lowest BCUT2D eigenvalue weighted by Crippen LogP contribution is -2.52. The molecular formula is C30H37N3O5S. The number of amides is 2. The van der Waals surface area contributed by atoms with E-state index in [2.05, 4.69) is 5.32 Å². The number of sulfonamides is 1. The van der Waals surface area contributed by atoms with Crippen LogP contribution in [0.5, 0.6) is 11.5 Å². The maximum atomic E-state index is 13.7. The van der Waals surface area contributed by atoms with Gasteiger partial charge in [-0.05, 0) is 61.7 Å². The van der Waals surface area contributed by atoms with Gasteiger partial charge >= 0.3 is 0 Å². The number of rotatable bonds is 13. The zero-order chi connectivity index (χ0) is 28.4. The van der Waals surface area contributed by atoms with Crippen LogP contribution in [0.15, 0.2) is 78.9 Å². The fourth-order valence-electron chi connectivity index (χ4n) is 4.09. The molecule has 3 aromatic rings. The van der Waals surface area contributed by atoms with Crippen molar-refractivity contribution in [1.29, 1.82) is 0 Å². The van der Waals surface area contributed by atoms with Gasteiger partial charge < -0.3 is 15.0 Å². The second-order valence-corrected chi connectivity index (χ2v) is 11.3.